The molecule has 0 amide bonds. The van der Waals surface area contributed by atoms with Gasteiger partial charge in [-0.25, -0.2) is 0 Å². The standard InChI is InChI=1S/C9H14BrNS/c1-3-4-11-6-8-5-7(2)9(10)12-8/h5,11H,3-4,6H2,1-2H3. The molecule has 0 atom stereocenters. The van der Waals surface area contributed by atoms with Crippen LogP contribution in [-0.4, -0.2) is 6.54 Å². The first-order valence-corrected chi connectivity index (χ1v) is 5.80. The van der Waals surface area contributed by atoms with E-state index >= 15 is 0 Å². The molecule has 0 saturated heterocycles. The van der Waals surface area contributed by atoms with Gasteiger partial charge in [0.15, 0.2) is 0 Å². The van der Waals surface area contributed by atoms with Crippen LogP contribution in [0.5, 0.6) is 0 Å². The van der Waals surface area contributed by atoms with E-state index in [2.05, 4.69) is 41.2 Å². The molecule has 1 rings (SSSR count). The highest BCUT2D eigenvalue weighted by molar-refractivity contribution is 9.11. The second-order valence-corrected chi connectivity index (χ2v) is 5.30. The summed E-state index contributed by atoms with van der Waals surface area (Å²) in [7, 11) is 0. The van der Waals surface area contributed by atoms with Crippen molar-refractivity contribution < 1.29 is 0 Å². The van der Waals surface area contributed by atoms with Crippen LogP contribution in [0.4, 0.5) is 0 Å². The van der Waals surface area contributed by atoms with Crippen molar-refractivity contribution in [3.63, 3.8) is 0 Å². The Morgan fingerprint density at radius 1 is 1.58 bits per heavy atom. The van der Waals surface area contributed by atoms with Gasteiger partial charge >= 0.3 is 0 Å². The van der Waals surface area contributed by atoms with Gasteiger partial charge in [0, 0.05) is 11.4 Å². The molecule has 0 saturated carbocycles. The van der Waals surface area contributed by atoms with Gasteiger partial charge in [0.25, 0.3) is 0 Å². The normalized spacial score (nSPS) is 10.6. The van der Waals surface area contributed by atoms with E-state index in [-0.39, 0.29) is 0 Å². The Morgan fingerprint density at radius 2 is 2.33 bits per heavy atom. The Kier molecular flexibility index (Phi) is 4.26. The van der Waals surface area contributed by atoms with E-state index in [1.807, 2.05) is 11.3 Å². The fourth-order valence-electron chi connectivity index (χ4n) is 0.999. The van der Waals surface area contributed by atoms with Gasteiger partial charge in [-0.05, 0) is 47.4 Å². The molecule has 68 valence electrons. The van der Waals surface area contributed by atoms with Crippen molar-refractivity contribution in [2.45, 2.75) is 26.8 Å². The summed E-state index contributed by atoms with van der Waals surface area (Å²) >= 11 is 5.33. The van der Waals surface area contributed by atoms with E-state index in [4.69, 9.17) is 0 Å². The number of thiophene rings is 1. The molecule has 1 nitrogen and oxygen atoms in total. The van der Waals surface area contributed by atoms with Crippen LogP contribution in [0.2, 0.25) is 0 Å². The van der Waals surface area contributed by atoms with Crippen LogP contribution in [-0.2, 0) is 6.54 Å². The predicted octanol–water partition coefficient (Wildman–Crippen LogP) is 3.32. The highest BCUT2D eigenvalue weighted by atomic mass is 79.9. The molecule has 0 radical (unpaired) electrons. The van der Waals surface area contributed by atoms with Gasteiger partial charge in [-0.3, -0.25) is 0 Å². The maximum Gasteiger partial charge on any atom is 0.0730 e. The molecular weight excluding hydrogens is 234 g/mol. The average Bonchev–Trinajstić information content (AvgIpc) is 2.32. The predicted molar refractivity (Wildman–Crippen MR) is 58.8 cm³/mol. The number of nitrogens with one attached hydrogen (secondary N) is 1. The molecule has 0 fully saturated rings. The molecule has 1 N–H and O–H groups in total. The zero-order valence-corrected chi connectivity index (χ0v) is 9.89. The zero-order chi connectivity index (χ0) is 8.97. The Morgan fingerprint density at radius 3 is 2.83 bits per heavy atom. The molecule has 1 aromatic rings. The fourth-order valence-corrected chi connectivity index (χ4v) is 2.60. The van der Waals surface area contributed by atoms with E-state index in [0.29, 0.717) is 0 Å². The van der Waals surface area contributed by atoms with E-state index < -0.39 is 0 Å². The quantitative estimate of drug-likeness (QED) is 0.806. The summed E-state index contributed by atoms with van der Waals surface area (Å²) in [5.41, 5.74) is 1.34. The second-order valence-electron chi connectivity index (χ2n) is 2.85. The van der Waals surface area contributed by atoms with Gasteiger partial charge in [0.2, 0.25) is 0 Å². The van der Waals surface area contributed by atoms with Crippen LogP contribution < -0.4 is 5.32 Å². The van der Waals surface area contributed by atoms with Crippen LogP contribution in [0, 0.1) is 6.92 Å². The summed E-state index contributed by atoms with van der Waals surface area (Å²) in [6, 6.07) is 2.23. The van der Waals surface area contributed by atoms with E-state index in [1.165, 1.54) is 20.6 Å². The second kappa shape index (κ2) is 5.00. The minimum atomic E-state index is 1.00. The molecule has 0 spiro atoms. The van der Waals surface area contributed by atoms with E-state index in [9.17, 15) is 0 Å². The van der Waals surface area contributed by atoms with Crippen LogP contribution in [0.15, 0.2) is 9.85 Å². The molecule has 0 aliphatic carbocycles. The van der Waals surface area contributed by atoms with Crippen molar-refractivity contribution in [2.24, 2.45) is 0 Å². The first-order chi connectivity index (χ1) is 5.74. The average molecular weight is 248 g/mol. The smallest absolute Gasteiger partial charge is 0.0730 e. The third-order valence-electron chi connectivity index (χ3n) is 1.63. The topological polar surface area (TPSA) is 12.0 Å². The van der Waals surface area contributed by atoms with Gasteiger partial charge < -0.3 is 5.32 Å². The minimum Gasteiger partial charge on any atom is -0.312 e. The number of rotatable bonds is 4. The molecule has 3 heteroatoms. The number of hydrogen-bond acceptors (Lipinski definition) is 2. The number of aryl methyl sites for hydroxylation is 1. The highest BCUT2D eigenvalue weighted by Gasteiger charge is 2.01. The van der Waals surface area contributed by atoms with Crippen LogP contribution >= 0.6 is 27.3 Å². The van der Waals surface area contributed by atoms with Crippen molar-refractivity contribution in [3.8, 4) is 0 Å². The molecule has 0 bridgehead atoms. The molecule has 12 heavy (non-hydrogen) atoms. The Balaban J connectivity index is 2.42. The number of halogens is 1. The Labute approximate surface area is 86.3 Å². The lowest BCUT2D eigenvalue weighted by molar-refractivity contribution is 0.681. The fraction of sp³-hybridized carbons (Fsp3) is 0.556. The summed E-state index contributed by atoms with van der Waals surface area (Å²) in [6.45, 7) is 6.42. The SMILES string of the molecule is CCCNCc1cc(C)c(Br)s1. The van der Waals surface area contributed by atoms with Gasteiger partial charge in [-0.1, -0.05) is 6.92 Å². The van der Waals surface area contributed by atoms with Crippen LogP contribution in [0.1, 0.15) is 23.8 Å². The summed E-state index contributed by atoms with van der Waals surface area (Å²) in [5, 5.41) is 3.38. The molecule has 1 aromatic heterocycles. The van der Waals surface area contributed by atoms with Crippen molar-refractivity contribution in [3.05, 3.63) is 20.3 Å². The Hall–Kier alpha value is 0.140. The largest absolute Gasteiger partial charge is 0.312 e. The highest BCUT2D eigenvalue weighted by Crippen LogP contribution is 2.26. The first kappa shape index (κ1) is 10.2. The molecule has 0 aromatic carbocycles. The van der Waals surface area contributed by atoms with E-state index in [1.54, 1.807) is 0 Å². The third kappa shape index (κ3) is 2.88. The third-order valence-corrected chi connectivity index (χ3v) is 3.77. The van der Waals surface area contributed by atoms with Gasteiger partial charge in [-0.15, -0.1) is 11.3 Å². The first-order valence-electron chi connectivity index (χ1n) is 4.19. The maximum absolute atomic E-state index is 3.52. The summed E-state index contributed by atoms with van der Waals surface area (Å²) in [4.78, 5) is 1.41. The molecular formula is C9H14BrNS. The van der Waals surface area contributed by atoms with Crippen molar-refractivity contribution in [1.82, 2.24) is 5.32 Å². The van der Waals surface area contributed by atoms with Gasteiger partial charge in [0.05, 0.1) is 3.79 Å². The van der Waals surface area contributed by atoms with Crippen molar-refractivity contribution in [2.75, 3.05) is 6.54 Å². The number of hydrogen-bond donors (Lipinski definition) is 1. The lowest BCUT2D eigenvalue weighted by Gasteiger charge is -1.98. The summed E-state index contributed by atoms with van der Waals surface area (Å²) in [6.07, 6.45) is 1.20. The molecule has 0 aliphatic heterocycles. The van der Waals surface area contributed by atoms with Gasteiger partial charge in [-0.2, -0.15) is 0 Å². The monoisotopic (exact) mass is 247 g/mol. The minimum absolute atomic E-state index is 1.00. The molecule has 0 unspecified atom stereocenters. The lowest BCUT2D eigenvalue weighted by atomic mass is 10.3. The summed E-state index contributed by atoms with van der Waals surface area (Å²) in [5.74, 6) is 0. The zero-order valence-electron chi connectivity index (χ0n) is 7.48. The maximum atomic E-state index is 3.52. The summed E-state index contributed by atoms with van der Waals surface area (Å²) < 4.78 is 1.26. The molecule has 0 aliphatic rings. The van der Waals surface area contributed by atoms with E-state index in [0.717, 1.165) is 13.1 Å². The Bertz CT molecular complexity index is 225. The van der Waals surface area contributed by atoms with Crippen LogP contribution in [0.3, 0.4) is 0 Å². The van der Waals surface area contributed by atoms with Crippen LogP contribution in [0.25, 0.3) is 0 Å². The van der Waals surface area contributed by atoms with Crippen molar-refractivity contribution >= 4 is 27.3 Å². The van der Waals surface area contributed by atoms with Gasteiger partial charge in [0.1, 0.15) is 0 Å². The molecule has 1 heterocycles. The lowest BCUT2D eigenvalue weighted by Crippen LogP contribution is -2.12. The van der Waals surface area contributed by atoms with Crippen molar-refractivity contribution in [1.29, 1.82) is 0 Å².